The van der Waals surface area contributed by atoms with Crippen LogP contribution in [0.25, 0.3) is 0 Å². The molecular formula is C19H22Cl2. The van der Waals surface area contributed by atoms with E-state index in [1.54, 1.807) is 0 Å². The Labute approximate surface area is 138 Å². The minimum absolute atomic E-state index is 0.166. The number of halogens is 2. The first kappa shape index (κ1) is 16.4. The molecule has 0 bridgehead atoms. The number of hydrogen-bond donors (Lipinski definition) is 0. The van der Waals surface area contributed by atoms with Gasteiger partial charge in [-0.1, -0.05) is 62.7 Å². The summed E-state index contributed by atoms with van der Waals surface area (Å²) < 4.78 is 0. The van der Waals surface area contributed by atoms with Crippen molar-refractivity contribution in [1.29, 1.82) is 0 Å². The SMILES string of the molecule is CCC(C)(C)c1ccc(C(Cl)c2cc(C)cc(Cl)c2)cc1. The Morgan fingerprint density at radius 2 is 1.62 bits per heavy atom. The van der Waals surface area contributed by atoms with Crippen molar-refractivity contribution in [3.63, 3.8) is 0 Å². The van der Waals surface area contributed by atoms with Crippen molar-refractivity contribution in [3.05, 3.63) is 69.7 Å². The van der Waals surface area contributed by atoms with E-state index in [4.69, 9.17) is 23.2 Å². The van der Waals surface area contributed by atoms with Gasteiger partial charge >= 0.3 is 0 Å². The first-order valence-electron chi connectivity index (χ1n) is 7.35. The molecule has 0 fully saturated rings. The minimum atomic E-state index is -0.166. The zero-order valence-electron chi connectivity index (χ0n) is 13.1. The lowest BCUT2D eigenvalue weighted by Gasteiger charge is -2.24. The number of benzene rings is 2. The molecule has 0 saturated heterocycles. The molecule has 0 saturated carbocycles. The van der Waals surface area contributed by atoms with E-state index in [9.17, 15) is 0 Å². The van der Waals surface area contributed by atoms with Gasteiger partial charge in [0.05, 0.1) is 5.38 Å². The second-order valence-corrected chi connectivity index (χ2v) is 7.16. The summed E-state index contributed by atoms with van der Waals surface area (Å²) in [5.41, 5.74) is 4.83. The number of aryl methyl sites for hydroxylation is 1. The Bertz CT molecular complexity index is 592. The maximum Gasteiger partial charge on any atom is 0.0836 e. The van der Waals surface area contributed by atoms with E-state index in [1.807, 2.05) is 19.1 Å². The molecule has 0 aromatic heterocycles. The fourth-order valence-corrected chi connectivity index (χ4v) is 2.98. The third-order valence-electron chi connectivity index (χ3n) is 4.23. The molecule has 21 heavy (non-hydrogen) atoms. The predicted octanol–water partition coefficient (Wildman–Crippen LogP) is 6.66. The highest BCUT2D eigenvalue weighted by molar-refractivity contribution is 6.31. The van der Waals surface area contributed by atoms with Crippen LogP contribution in [0, 0.1) is 6.92 Å². The van der Waals surface area contributed by atoms with Crippen LogP contribution in [0.15, 0.2) is 42.5 Å². The van der Waals surface area contributed by atoms with Gasteiger partial charge < -0.3 is 0 Å². The van der Waals surface area contributed by atoms with Gasteiger partial charge in [-0.3, -0.25) is 0 Å². The van der Waals surface area contributed by atoms with Crippen LogP contribution >= 0.6 is 23.2 Å². The van der Waals surface area contributed by atoms with E-state index in [2.05, 4.69) is 51.1 Å². The van der Waals surface area contributed by atoms with Gasteiger partial charge in [0, 0.05) is 5.02 Å². The number of alkyl halides is 1. The lowest BCUT2D eigenvalue weighted by Crippen LogP contribution is -2.15. The third-order valence-corrected chi connectivity index (χ3v) is 4.95. The molecule has 0 heterocycles. The third kappa shape index (κ3) is 3.81. The Morgan fingerprint density at radius 3 is 2.14 bits per heavy atom. The molecule has 0 aliphatic heterocycles. The summed E-state index contributed by atoms with van der Waals surface area (Å²) >= 11 is 12.7. The largest absolute Gasteiger partial charge is 0.113 e. The standard InChI is InChI=1S/C19H22Cl2/c1-5-19(3,4)16-8-6-14(7-9-16)18(21)15-10-13(2)11-17(20)12-15/h6-12,18H,5H2,1-4H3. The first-order valence-corrected chi connectivity index (χ1v) is 8.16. The molecule has 0 amide bonds. The molecule has 0 spiro atoms. The molecule has 112 valence electrons. The summed E-state index contributed by atoms with van der Waals surface area (Å²) in [5.74, 6) is 0. The number of rotatable bonds is 4. The van der Waals surface area contributed by atoms with E-state index in [0.717, 1.165) is 28.1 Å². The lowest BCUT2D eigenvalue weighted by molar-refractivity contribution is 0.506. The lowest BCUT2D eigenvalue weighted by atomic mass is 9.82. The highest BCUT2D eigenvalue weighted by Gasteiger charge is 2.19. The van der Waals surface area contributed by atoms with Crippen LogP contribution in [-0.4, -0.2) is 0 Å². The maximum atomic E-state index is 6.62. The molecule has 2 aromatic rings. The van der Waals surface area contributed by atoms with Gasteiger partial charge in [0.1, 0.15) is 0 Å². The van der Waals surface area contributed by atoms with Crippen LogP contribution in [0.2, 0.25) is 5.02 Å². The highest BCUT2D eigenvalue weighted by atomic mass is 35.5. The van der Waals surface area contributed by atoms with Crippen molar-refractivity contribution in [2.75, 3.05) is 0 Å². The molecule has 0 N–H and O–H groups in total. The smallest absolute Gasteiger partial charge is 0.0836 e. The molecule has 2 aromatic carbocycles. The summed E-state index contributed by atoms with van der Waals surface area (Å²) in [4.78, 5) is 0. The summed E-state index contributed by atoms with van der Waals surface area (Å²) in [6.07, 6.45) is 1.12. The van der Waals surface area contributed by atoms with Crippen LogP contribution in [-0.2, 0) is 5.41 Å². The van der Waals surface area contributed by atoms with Crippen LogP contribution in [0.5, 0.6) is 0 Å². The van der Waals surface area contributed by atoms with Crippen molar-refractivity contribution in [2.24, 2.45) is 0 Å². The van der Waals surface area contributed by atoms with Crippen LogP contribution in [0.3, 0.4) is 0 Å². The van der Waals surface area contributed by atoms with Crippen LogP contribution in [0.1, 0.15) is 54.8 Å². The second-order valence-electron chi connectivity index (χ2n) is 6.28. The minimum Gasteiger partial charge on any atom is -0.113 e. The van der Waals surface area contributed by atoms with E-state index < -0.39 is 0 Å². The van der Waals surface area contributed by atoms with Crippen molar-refractivity contribution < 1.29 is 0 Å². The fourth-order valence-electron chi connectivity index (χ4n) is 2.41. The van der Waals surface area contributed by atoms with Crippen molar-refractivity contribution in [1.82, 2.24) is 0 Å². The molecule has 0 nitrogen and oxygen atoms in total. The number of hydrogen-bond acceptors (Lipinski definition) is 0. The Kier molecular flexibility index (Phi) is 5.01. The van der Waals surface area contributed by atoms with Gasteiger partial charge in [0.2, 0.25) is 0 Å². The molecule has 0 radical (unpaired) electrons. The van der Waals surface area contributed by atoms with Gasteiger partial charge in [-0.25, -0.2) is 0 Å². The zero-order valence-corrected chi connectivity index (χ0v) is 14.6. The average molecular weight is 321 g/mol. The highest BCUT2D eigenvalue weighted by Crippen LogP contribution is 2.33. The van der Waals surface area contributed by atoms with E-state index in [1.165, 1.54) is 5.56 Å². The van der Waals surface area contributed by atoms with E-state index in [-0.39, 0.29) is 10.8 Å². The summed E-state index contributed by atoms with van der Waals surface area (Å²) in [6, 6.07) is 14.6. The molecule has 1 unspecified atom stereocenters. The second kappa shape index (κ2) is 6.42. The van der Waals surface area contributed by atoms with E-state index >= 15 is 0 Å². The first-order chi connectivity index (χ1) is 9.83. The summed E-state index contributed by atoms with van der Waals surface area (Å²) in [7, 11) is 0. The van der Waals surface area contributed by atoms with Gasteiger partial charge in [-0.2, -0.15) is 0 Å². The van der Waals surface area contributed by atoms with Crippen LogP contribution in [0.4, 0.5) is 0 Å². The zero-order chi connectivity index (χ0) is 15.6. The molecule has 2 rings (SSSR count). The van der Waals surface area contributed by atoms with Gasteiger partial charge in [-0.15, -0.1) is 11.6 Å². The Balaban J connectivity index is 2.30. The molecule has 0 aliphatic carbocycles. The average Bonchev–Trinajstić information content (AvgIpc) is 2.45. The van der Waals surface area contributed by atoms with Crippen LogP contribution < -0.4 is 0 Å². The summed E-state index contributed by atoms with van der Waals surface area (Å²) in [5, 5.41) is 0.570. The molecule has 1 atom stereocenters. The predicted molar refractivity (Wildman–Crippen MR) is 93.6 cm³/mol. The van der Waals surface area contributed by atoms with Gasteiger partial charge in [0.15, 0.2) is 0 Å². The van der Waals surface area contributed by atoms with Crippen molar-refractivity contribution >= 4 is 23.2 Å². The fraction of sp³-hybridized carbons (Fsp3) is 0.368. The Morgan fingerprint density at radius 1 is 1.00 bits per heavy atom. The Hall–Kier alpha value is -0.980. The topological polar surface area (TPSA) is 0 Å². The molecule has 2 heteroatoms. The van der Waals surface area contributed by atoms with Crippen molar-refractivity contribution in [2.45, 2.75) is 44.9 Å². The van der Waals surface area contributed by atoms with E-state index in [0.29, 0.717) is 0 Å². The summed E-state index contributed by atoms with van der Waals surface area (Å²) in [6.45, 7) is 8.78. The van der Waals surface area contributed by atoms with Gasteiger partial charge in [0.25, 0.3) is 0 Å². The van der Waals surface area contributed by atoms with Gasteiger partial charge in [-0.05, 0) is 53.1 Å². The van der Waals surface area contributed by atoms with Crippen molar-refractivity contribution in [3.8, 4) is 0 Å². The monoisotopic (exact) mass is 320 g/mol. The maximum absolute atomic E-state index is 6.62. The normalized spacial score (nSPS) is 13.2. The molecular weight excluding hydrogens is 299 g/mol. The quantitative estimate of drug-likeness (QED) is 0.552. The molecule has 0 aliphatic rings.